The average molecular weight is 285 g/mol. The van der Waals surface area contributed by atoms with Crippen LogP contribution in [0.5, 0.6) is 0 Å². The Bertz CT molecular complexity index is 690. The molecule has 2 atom stereocenters. The molecule has 1 aliphatic heterocycles. The molecule has 2 aromatic rings. The molecule has 1 fully saturated rings. The maximum absolute atomic E-state index is 11.9. The minimum Gasteiger partial charge on any atom is -0.358 e. The summed E-state index contributed by atoms with van der Waals surface area (Å²) in [6, 6.07) is 8.09. The lowest BCUT2D eigenvalue weighted by atomic mass is 10.1. The zero-order chi connectivity index (χ0) is 14.8. The average Bonchev–Trinajstić information content (AvgIpc) is 3.03. The van der Waals surface area contributed by atoms with Gasteiger partial charge in [0.25, 0.3) is 5.91 Å². The third kappa shape index (κ3) is 2.81. The highest BCUT2D eigenvalue weighted by atomic mass is 16.2. The number of aryl methyl sites for hydroxylation is 1. The van der Waals surface area contributed by atoms with Gasteiger partial charge in [-0.25, -0.2) is 10.9 Å². The largest absolute Gasteiger partial charge is 0.358 e. The smallest absolute Gasteiger partial charge is 0.258 e. The van der Waals surface area contributed by atoms with Gasteiger partial charge in [-0.05, 0) is 26.3 Å². The summed E-state index contributed by atoms with van der Waals surface area (Å²) in [4.78, 5) is 15.2. The Labute approximate surface area is 123 Å². The molecule has 1 aromatic heterocycles. The molecule has 21 heavy (non-hydrogen) atoms. The lowest BCUT2D eigenvalue weighted by Crippen LogP contribution is -2.41. The fourth-order valence-corrected chi connectivity index (χ4v) is 2.59. The SMILES string of the molecule is Cc1[nH]c2ccccc2c1/C=N/NC(=O)C1CC(C)NN1. The number of benzene rings is 1. The van der Waals surface area contributed by atoms with E-state index < -0.39 is 0 Å². The van der Waals surface area contributed by atoms with Gasteiger partial charge in [0.1, 0.15) is 6.04 Å². The van der Waals surface area contributed by atoms with Crippen LogP contribution >= 0.6 is 0 Å². The van der Waals surface area contributed by atoms with Crippen LogP contribution in [0.4, 0.5) is 0 Å². The van der Waals surface area contributed by atoms with E-state index in [-0.39, 0.29) is 11.9 Å². The number of hydrazine groups is 1. The van der Waals surface area contributed by atoms with E-state index in [0.29, 0.717) is 6.04 Å². The minimum absolute atomic E-state index is 0.124. The second-order valence-corrected chi connectivity index (χ2v) is 5.42. The molecule has 3 rings (SSSR count). The summed E-state index contributed by atoms with van der Waals surface area (Å²) >= 11 is 0. The number of fused-ring (bicyclic) bond motifs is 1. The van der Waals surface area contributed by atoms with Crippen LogP contribution in [-0.2, 0) is 4.79 Å². The number of hydrogen-bond acceptors (Lipinski definition) is 4. The fraction of sp³-hybridized carbons (Fsp3) is 0.333. The Morgan fingerprint density at radius 2 is 2.19 bits per heavy atom. The summed E-state index contributed by atoms with van der Waals surface area (Å²) in [6.45, 7) is 4.02. The number of para-hydroxylation sites is 1. The Balaban J connectivity index is 1.70. The lowest BCUT2D eigenvalue weighted by Gasteiger charge is -2.06. The van der Waals surface area contributed by atoms with Gasteiger partial charge in [-0.3, -0.25) is 10.2 Å². The zero-order valence-electron chi connectivity index (χ0n) is 12.1. The highest BCUT2D eigenvalue weighted by molar-refractivity contribution is 6.00. The van der Waals surface area contributed by atoms with Crippen molar-refractivity contribution in [1.82, 2.24) is 21.3 Å². The molecule has 1 aromatic carbocycles. The predicted octanol–water partition coefficient (Wildman–Crippen LogP) is 1.18. The monoisotopic (exact) mass is 285 g/mol. The van der Waals surface area contributed by atoms with Gasteiger partial charge >= 0.3 is 0 Å². The van der Waals surface area contributed by atoms with E-state index in [2.05, 4.69) is 26.4 Å². The number of aromatic amines is 1. The Kier molecular flexibility index (Phi) is 3.72. The van der Waals surface area contributed by atoms with Crippen molar-refractivity contribution in [2.24, 2.45) is 5.10 Å². The van der Waals surface area contributed by atoms with E-state index in [1.165, 1.54) is 0 Å². The quantitative estimate of drug-likeness (QED) is 0.505. The number of nitrogens with one attached hydrogen (secondary N) is 4. The third-order valence-corrected chi connectivity index (χ3v) is 3.72. The number of amides is 1. The van der Waals surface area contributed by atoms with Gasteiger partial charge in [0.2, 0.25) is 0 Å². The first-order valence-electron chi connectivity index (χ1n) is 7.06. The first-order chi connectivity index (χ1) is 10.1. The number of carbonyl (C=O) groups excluding carboxylic acids is 1. The second-order valence-electron chi connectivity index (χ2n) is 5.42. The third-order valence-electron chi connectivity index (χ3n) is 3.72. The lowest BCUT2D eigenvalue weighted by molar-refractivity contribution is -0.122. The first-order valence-corrected chi connectivity index (χ1v) is 7.06. The molecule has 0 saturated carbocycles. The molecule has 2 unspecified atom stereocenters. The van der Waals surface area contributed by atoms with Gasteiger partial charge in [-0.2, -0.15) is 5.10 Å². The topological polar surface area (TPSA) is 81.3 Å². The van der Waals surface area contributed by atoms with Crippen LogP contribution in [0.15, 0.2) is 29.4 Å². The minimum atomic E-state index is -0.235. The molecular formula is C15H19N5O. The molecule has 6 heteroatoms. The van der Waals surface area contributed by atoms with Crippen LogP contribution in [0.1, 0.15) is 24.6 Å². The summed E-state index contributed by atoms with van der Waals surface area (Å²) in [7, 11) is 0. The molecule has 0 radical (unpaired) electrons. The van der Waals surface area contributed by atoms with Crippen LogP contribution in [0.25, 0.3) is 10.9 Å². The van der Waals surface area contributed by atoms with E-state index in [9.17, 15) is 4.79 Å². The Morgan fingerprint density at radius 1 is 1.38 bits per heavy atom. The maximum Gasteiger partial charge on any atom is 0.258 e. The summed E-state index contributed by atoms with van der Waals surface area (Å²) in [5.74, 6) is -0.124. The molecule has 4 N–H and O–H groups in total. The highest BCUT2D eigenvalue weighted by Gasteiger charge is 2.26. The Morgan fingerprint density at radius 3 is 2.95 bits per heavy atom. The maximum atomic E-state index is 11.9. The van der Waals surface area contributed by atoms with Crippen molar-refractivity contribution in [2.45, 2.75) is 32.4 Å². The van der Waals surface area contributed by atoms with Gasteiger partial charge in [-0.1, -0.05) is 18.2 Å². The van der Waals surface area contributed by atoms with E-state index >= 15 is 0 Å². The first kappa shape index (κ1) is 13.8. The van der Waals surface area contributed by atoms with Crippen molar-refractivity contribution >= 4 is 23.0 Å². The molecule has 0 bridgehead atoms. The van der Waals surface area contributed by atoms with E-state index in [4.69, 9.17) is 0 Å². The summed E-state index contributed by atoms with van der Waals surface area (Å²) in [5.41, 5.74) is 11.7. The zero-order valence-corrected chi connectivity index (χ0v) is 12.1. The van der Waals surface area contributed by atoms with Gasteiger partial charge in [0, 0.05) is 28.2 Å². The number of aromatic nitrogens is 1. The molecule has 2 heterocycles. The van der Waals surface area contributed by atoms with Crippen molar-refractivity contribution < 1.29 is 4.79 Å². The highest BCUT2D eigenvalue weighted by Crippen LogP contribution is 2.19. The fourth-order valence-electron chi connectivity index (χ4n) is 2.59. The molecule has 1 saturated heterocycles. The standard InChI is InChI=1S/C15H19N5O/c1-9-7-14(19-18-9)15(21)20-16-8-12-10(2)17-13-6-4-3-5-11(12)13/h3-6,8-9,14,17-19H,7H2,1-2H3,(H,20,21)/b16-8+. The van der Waals surface area contributed by atoms with Gasteiger partial charge in [0.15, 0.2) is 0 Å². The van der Waals surface area contributed by atoms with Crippen LogP contribution in [0.3, 0.4) is 0 Å². The number of nitrogens with zero attached hydrogens (tertiary/aromatic N) is 1. The van der Waals surface area contributed by atoms with Crippen molar-refractivity contribution in [3.63, 3.8) is 0 Å². The van der Waals surface area contributed by atoms with Crippen LogP contribution < -0.4 is 16.3 Å². The predicted molar refractivity (Wildman–Crippen MR) is 82.9 cm³/mol. The number of rotatable bonds is 3. The van der Waals surface area contributed by atoms with Gasteiger partial charge in [0.05, 0.1) is 6.21 Å². The summed E-state index contributed by atoms with van der Waals surface area (Å²) in [6.07, 6.45) is 2.45. The molecular weight excluding hydrogens is 266 g/mol. The van der Waals surface area contributed by atoms with Crippen molar-refractivity contribution in [1.29, 1.82) is 0 Å². The summed E-state index contributed by atoms with van der Waals surface area (Å²) < 4.78 is 0. The van der Waals surface area contributed by atoms with Crippen LogP contribution in [0.2, 0.25) is 0 Å². The second kappa shape index (κ2) is 5.67. The molecule has 0 spiro atoms. The van der Waals surface area contributed by atoms with E-state index in [1.807, 2.05) is 38.1 Å². The number of carbonyl (C=O) groups is 1. The van der Waals surface area contributed by atoms with Crippen molar-refractivity contribution in [3.8, 4) is 0 Å². The van der Waals surface area contributed by atoms with Crippen molar-refractivity contribution in [3.05, 3.63) is 35.5 Å². The van der Waals surface area contributed by atoms with E-state index in [1.54, 1.807) is 6.21 Å². The van der Waals surface area contributed by atoms with E-state index in [0.717, 1.165) is 28.6 Å². The molecule has 110 valence electrons. The normalized spacial score (nSPS) is 22.2. The number of hydrazone groups is 1. The van der Waals surface area contributed by atoms with Gasteiger partial charge in [-0.15, -0.1) is 0 Å². The molecule has 0 aliphatic carbocycles. The molecule has 1 aliphatic rings. The molecule has 1 amide bonds. The molecule has 6 nitrogen and oxygen atoms in total. The summed E-state index contributed by atoms with van der Waals surface area (Å²) in [5, 5.41) is 5.18. The Hall–Kier alpha value is -2.18. The number of hydrogen-bond donors (Lipinski definition) is 4. The number of H-pyrrole nitrogens is 1. The van der Waals surface area contributed by atoms with Crippen molar-refractivity contribution in [2.75, 3.05) is 0 Å². The van der Waals surface area contributed by atoms with Crippen LogP contribution in [0, 0.1) is 6.92 Å². The van der Waals surface area contributed by atoms with Crippen LogP contribution in [-0.4, -0.2) is 29.2 Å². The van der Waals surface area contributed by atoms with Gasteiger partial charge < -0.3 is 4.98 Å².